The maximum atomic E-state index is 12.7. The van der Waals surface area contributed by atoms with E-state index in [4.69, 9.17) is 11.5 Å². The van der Waals surface area contributed by atoms with Crippen LogP contribution in [0.1, 0.15) is 23.2 Å². The third-order valence-electron chi connectivity index (χ3n) is 4.21. The topological polar surface area (TPSA) is 166 Å². The number of rotatable bonds is 11. The zero-order chi connectivity index (χ0) is 21.9. The van der Waals surface area contributed by atoms with Crippen molar-refractivity contribution < 1.29 is 14.5 Å². The van der Waals surface area contributed by atoms with Gasteiger partial charge >= 0.3 is 0 Å². The van der Waals surface area contributed by atoms with E-state index < -0.39 is 11.0 Å². The first kappa shape index (κ1) is 22.5. The molecule has 0 saturated heterocycles. The van der Waals surface area contributed by atoms with Crippen LogP contribution in [-0.2, 0) is 4.79 Å². The number of nitrogens with one attached hydrogen (secondary N) is 2. The van der Waals surface area contributed by atoms with Gasteiger partial charge in [0, 0.05) is 29.9 Å². The Morgan fingerprint density at radius 3 is 2.33 bits per heavy atom. The fourth-order valence-corrected chi connectivity index (χ4v) is 2.67. The van der Waals surface area contributed by atoms with Crippen molar-refractivity contribution in [2.24, 2.45) is 16.5 Å². The molecule has 0 unspecified atom stereocenters. The molecule has 0 saturated carbocycles. The molecule has 10 nitrogen and oxygen atoms in total. The maximum Gasteiger partial charge on any atom is 0.269 e. The van der Waals surface area contributed by atoms with E-state index in [2.05, 4.69) is 15.6 Å². The smallest absolute Gasteiger partial charge is 0.269 e. The predicted octanol–water partition coefficient (Wildman–Crippen LogP) is 1.43. The highest BCUT2D eigenvalue weighted by atomic mass is 16.6. The molecule has 2 aromatic carbocycles. The second kappa shape index (κ2) is 11.3. The number of hydrogen-bond donors (Lipinski definition) is 4. The number of nitro benzene ring substituents is 1. The Morgan fingerprint density at radius 2 is 1.73 bits per heavy atom. The molecule has 2 rings (SSSR count). The summed E-state index contributed by atoms with van der Waals surface area (Å²) in [7, 11) is 0. The highest BCUT2D eigenvalue weighted by Gasteiger charge is 2.19. The minimum atomic E-state index is -0.679. The van der Waals surface area contributed by atoms with Crippen LogP contribution < -0.4 is 22.1 Å². The Bertz CT molecular complexity index is 895. The largest absolute Gasteiger partial charge is 0.370 e. The van der Waals surface area contributed by atoms with Crippen LogP contribution in [0.3, 0.4) is 0 Å². The Kier molecular flexibility index (Phi) is 8.45. The van der Waals surface area contributed by atoms with Gasteiger partial charge in [0.1, 0.15) is 0 Å². The first-order chi connectivity index (χ1) is 14.4. The molecule has 0 aliphatic carbocycles. The Balaban J connectivity index is 2.01. The summed E-state index contributed by atoms with van der Waals surface area (Å²) in [6.45, 7) is 0.322. The summed E-state index contributed by atoms with van der Waals surface area (Å²) in [5.74, 6) is -0.545. The van der Waals surface area contributed by atoms with E-state index >= 15 is 0 Å². The zero-order valence-electron chi connectivity index (χ0n) is 16.3. The van der Waals surface area contributed by atoms with Gasteiger partial charge in [-0.1, -0.05) is 30.3 Å². The van der Waals surface area contributed by atoms with Crippen molar-refractivity contribution in [1.82, 2.24) is 5.32 Å². The number of aliphatic imine (C=N–C) groups is 1. The third kappa shape index (κ3) is 7.32. The van der Waals surface area contributed by atoms with E-state index in [0.717, 1.165) is 0 Å². The van der Waals surface area contributed by atoms with E-state index in [0.29, 0.717) is 30.6 Å². The second-order valence-electron chi connectivity index (χ2n) is 6.46. The molecule has 30 heavy (non-hydrogen) atoms. The van der Waals surface area contributed by atoms with Crippen LogP contribution in [0.15, 0.2) is 59.6 Å². The number of benzene rings is 2. The van der Waals surface area contributed by atoms with Crippen LogP contribution in [0.25, 0.3) is 0 Å². The van der Waals surface area contributed by atoms with Gasteiger partial charge in [0.15, 0.2) is 11.7 Å². The number of nitrogens with two attached hydrogens (primary N) is 2. The number of anilines is 1. The molecule has 6 N–H and O–H groups in total. The zero-order valence-corrected chi connectivity index (χ0v) is 16.3. The number of ketones is 1. The third-order valence-corrected chi connectivity index (χ3v) is 4.21. The van der Waals surface area contributed by atoms with Gasteiger partial charge in [-0.3, -0.25) is 30.0 Å². The first-order valence-electron chi connectivity index (χ1n) is 9.29. The van der Waals surface area contributed by atoms with Crippen molar-refractivity contribution in [2.45, 2.75) is 18.9 Å². The number of Topliss-reactive ketones (excluding diaryl/α,β-unsaturated/α-hetero) is 1. The van der Waals surface area contributed by atoms with Crippen molar-refractivity contribution >= 4 is 29.0 Å². The summed E-state index contributed by atoms with van der Waals surface area (Å²) in [5.41, 5.74) is 11.5. The number of non-ortho nitro benzene ring substituents is 1. The van der Waals surface area contributed by atoms with Crippen LogP contribution in [-0.4, -0.2) is 41.7 Å². The molecule has 0 spiro atoms. The van der Waals surface area contributed by atoms with Crippen LogP contribution in [0.4, 0.5) is 11.4 Å². The fourth-order valence-electron chi connectivity index (χ4n) is 2.67. The molecule has 0 heterocycles. The minimum absolute atomic E-state index is 0.0232. The van der Waals surface area contributed by atoms with E-state index in [9.17, 15) is 19.7 Å². The fraction of sp³-hybridized carbons (Fsp3) is 0.250. The van der Waals surface area contributed by atoms with Crippen LogP contribution in [0.2, 0.25) is 0 Å². The van der Waals surface area contributed by atoms with Crippen LogP contribution in [0, 0.1) is 10.1 Å². The first-order valence-corrected chi connectivity index (χ1v) is 9.29. The molecular weight excluding hydrogens is 388 g/mol. The lowest BCUT2D eigenvalue weighted by Crippen LogP contribution is -2.43. The van der Waals surface area contributed by atoms with Crippen molar-refractivity contribution in [3.8, 4) is 0 Å². The van der Waals surface area contributed by atoms with Crippen molar-refractivity contribution in [1.29, 1.82) is 0 Å². The summed E-state index contributed by atoms with van der Waals surface area (Å²) in [4.78, 5) is 39.2. The number of guanidine groups is 1. The molecule has 0 aliphatic rings. The summed E-state index contributed by atoms with van der Waals surface area (Å²) >= 11 is 0. The number of amides is 1. The second-order valence-corrected chi connectivity index (χ2v) is 6.46. The summed E-state index contributed by atoms with van der Waals surface area (Å²) < 4.78 is 0. The average Bonchev–Trinajstić information content (AvgIpc) is 2.73. The van der Waals surface area contributed by atoms with E-state index in [1.54, 1.807) is 24.3 Å². The molecule has 1 atom stereocenters. The van der Waals surface area contributed by atoms with Crippen molar-refractivity contribution in [2.75, 3.05) is 18.4 Å². The lowest BCUT2D eigenvalue weighted by atomic mass is 10.1. The summed E-state index contributed by atoms with van der Waals surface area (Å²) in [6, 6.07) is 13.6. The molecule has 1 amide bonds. The highest BCUT2D eigenvalue weighted by Crippen LogP contribution is 2.16. The number of hydrogen-bond acceptors (Lipinski definition) is 6. The van der Waals surface area contributed by atoms with Gasteiger partial charge in [0.2, 0.25) is 5.91 Å². The Morgan fingerprint density at radius 1 is 1.07 bits per heavy atom. The molecule has 158 valence electrons. The van der Waals surface area contributed by atoms with Crippen molar-refractivity contribution in [3.63, 3.8) is 0 Å². The van der Waals surface area contributed by atoms with Crippen LogP contribution in [0.5, 0.6) is 0 Å². The normalized spacial score (nSPS) is 11.3. The Hall–Kier alpha value is -3.79. The van der Waals surface area contributed by atoms with Crippen molar-refractivity contribution in [3.05, 3.63) is 70.3 Å². The van der Waals surface area contributed by atoms with Gasteiger partial charge in [-0.25, -0.2) is 0 Å². The number of carbonyl (C=O) groups excluding carboxylic acids is 2. The Labute approximate surface area is 173 Å². The maximum absolute atomic E-state index is 12.7. The average molecular weight is 412 g/mol. The summed E-state index contributed by atoms with van der Waals surface area (Å²) in [6.07, 6.45) is 0.903. The monoisotopic (exact) mass is 412 g/mol. The molecule has 0 radical (unpaired) electrons. The van der Waals surface area contributed by atoms with Gasteiger partial charge < -0.3 is 16.8 Å². The molecule has 2 aromatic rings. The number of nitro groups is 1. The highest BCUT2D eigenvalue weighted by molar-refractivity contribution is 5.99. The quantitative estimate of drug-likeness (QED) is 0.108. The molecule has 0 fully saturated rings. The molecule has 10 heteroatoms. The van der Waals surface area contributed by atoms with Gasteiger partial charge in [0.05, 0.1) is 17.5 Å². The SMILES string of the molecule is NC(N)=NCCC[C@H](NCC(=O)c1ccccc1)C(=O)Nc1ccc([N+](=O)[O-])cc1. The standard InChI is InChI=1S/C20H24N6O4/c21-20(22)23-12-4-7-17(24-13-18(27)14-5-2-1-3-6-14)19(28)25-15-8-10-16(11-9-15)26(29)30/h1-3,5-6,8-11,17,24H,4,7,12-13H2,(H,25,28)(H4,21,22,23)/t17-/m0/s1. The molecule has 0 aliphatic heterocycles. The van der Waals surface area contributed by atoms with E-state index in [-0.39, 0.29) is 29.9 Å². The van der Waals surface area contributed by atoms with Crippen LogP contribution >= 0.6 is 0 Å². The van der Waals surface area contributed by atoms with Gasteiger partial charge in [0.25, 0.3) is 5.69 Å². The van der Waals surface area contributed by atoms with E-state index in [1.165, 1.54) is 24.3 Å². The molecule has 0 bridgehead atoms. The summed E-state index contributed by atoms with van der Waals surface area (Å²) in [5, 5.41) is 16.4. The number of carbonyl (C=O) groups is 2. The van der Waals surface area contributed by atoms with Gasteiger partial charge in [-0.05, 0) is 25.0 Å². The van der Waals surface area contributed by atoms with E-state index in [1.807, 2.05) is 6.07 Å². The predicted molar refractivity (Wildman–Crippen MR) is 114 cm³/mol. The number of nitrogens with zero attached hydrogens (tertiary/aromatic N) is 2. The van der Waals surface area contributed by atoms with Gasteiger partial charge in [-0.15, -0.1) is 0 Å². The van der Waals surface area contributed by atoms with Gasteiger partial charge in [-0.2, -0.15) is 0 Å². The molecule has 0 aromatic heterocycles. The lowest BCUT2D eigenvalue weighted by molar-refractivity contribution is -0.384. The lowest BCUT2D eigenvalue weighted by Gasteiger charge is -2.18. The minimum Gasteiger partial charge on any atom is -0.370 e. The molecular formula is C20H24N6O4.